The number of hydrogen-bond donors (Lipinski definition) is 0. The molecule has 0 aliphatic rings. The summed E-state index contributed by atoms with van der Waals surface area (Å²) in [4.78, 5) is 0. The first-order chi connectivity index (χ1) is 3.31. The molecule has 0 aromatic heterocycles. The van der Waals surface area contributed by atoms with Crippen molar-refractivity contribution in [2.24, 2.45) is 5.92 Å². The smallest absolute Gasteiger partial charge is 0.0112 e. The van der Waals surface area contributed by atoms with E-state index in [0.717, 1.165) is 6.42 Å². The summed E-state index contributed by atoms with van der Waals surface area (Å²) in [6.07, 6.45) is 7.18. The van der Waals surface area contributed by atoms with Gasteiger partial charge in [0.2, 0.25) is 0 Å². The fourth-order valence-electron chi connectivity index (χ4n) is 0.346. The van der Waals surface area contributed by atoms with Gasteiger partial charge in [0.25, 0.3) is 0 Å². The summed E-state index contributed by atoms with van der Waals surface area (Å²) in [5.41, 5.74) is 0. The Kier molecular flexibility index (Phi) is 3.50. The summed E-state index contributed by atoms with van der Waals surface area (Å²) in [5, 5.41) is 0. The van der Waals surface area contributed by atoms with E-state index in [1.807, 2.05) is 0 Å². The van der Waals surface area contributed by atoms with E-state index in [1.165, 1.54) is 6.42 Å². The van der Waals surface area contributed by atoms with Crippen LogP contribution in [-0.2, 0) is 0 Å². The lowest BCUT2D eigenvalue weighted by atomic mass is 10.1. The van der Waals surface area contributed by atoms with Gasteiger partial charge >= 0.3 is 0 Å². The molecular weight excluding hydrogens is 84.1 g/mol. The highest BCUT2D eigenvalue weighted by Gasteiger charge is 1.91. The quantitative estimate of drug-likeness (QED) is 0.461. The minimum atomic E-state index is 0.713. The van der Waals surface area contributed by atoms with Crippen molar-refractivity contribution in [3.63, 3.8) is 0 Å². The molecule has 0 unspecified atom stereocenters. The van der Waals surface area contributed by atoms with Crippen LogP contribution in [0.1, 0.15) is 26.7 Å². The topological polar surface area (TPSA) is 0 Å². The average Bonchev–Trinajstić information content (AvgIpc) is 1.68. The Bertz CT molecular complexity index is 66.6. The van der Waals surface area contributed by atoms with Gasteiger partial charge in [-0.25, -0.2) is 0 Å². The Morgan fingerprint density at radius 3 is 2.43 bits per heavy atom. The zero-order chi connectivity index (χ0) is 5.70. The first-order valence-electron chi connectivity index (χ1n) is 2.74. The van der Waals surface area contributed by atoms with Crippen LogP contribution < -0.4 is 0 Å². The monoisotopic (exact) mass is 96.1 g/mol. The lowest BCUT2D eigenvalue weighted by molar-refractivity contribution is 0.581. The van der Waals surface area contributed by atoms with Crippen LogP contribution in [0.15, 0.2) is 0 Å². The van der Waals surface area contributed by atoms with Crippen molar-refractivity contribution in [2.45, 2.75) is 26.7 Å². The fraction of sp³-hybridized carbons (Fsp3) is 0.714. The van der Waals surface area contributed by atoms with Crippen molar-refractivity contribution < 1.29 is 0 Å². The molecule has 0 spiro atoms. The normalized spacial score (nSPS) is 12.7. The van der Waals surface area contributed by atoms with Crippen molar-refractivity contribution >= 4 is 0 Å². The van der Waals surface area contributed by atoms with E-state index >= 15 is 0 Å². The molecule has 0 saturated heterocycles. The van der Waals surface area contributed by atoms with Gasteiger partial charge in [0.15, 0.2) is 0 Å². The molecule has 1 atom stereocenters. The third-order valence-corrected chi connectivity index (χ3v) is 1.16. The molecule has 0 heterocycles. The predicted molar refractivity (Wildman–Crippen MR) is 32.9 cm³/mol. The molecule has 0 bridgehead atoms. The van der Waals surface area contributed by atoms with Crippen molar-refractivity contribution in [1.82, 2.24) is 0 Å². The Hall–Kier alpha value is -0.440. The molecule has 0 N–H and O–H groups in total. The second-order valence-electron chi connectivity index (χ2n) is 1.92. The van der Waals surface area contributed by atoms with E-state index in [1.54, 1.807) is 0 Å². The van der Waals surface area contributed by atoms with Gasteiger partial charge in [0, 0.05) is 6.42 Å². The van der Waals surface area contributed by atoms with Crippen molar-refractivity contribution in [2.75, 3.05) is 0 Å². The number of terminal acetylenes is 1. The molecule has 40 valence electrons. The summed E-state index contributed by atoms with van der Waals surface area (Å²) in [5.74, 6) is 3.33. The van der Waals surface area contributed by atoms with Gasteiger partial charge < -0.3 is 0 Å². The molecule has 0 radical (unpaired) electrons. The maximum Gasteiger partial charge on any atom is 0.0112 e. The molecule has 0 heteroatoms. The van der Waals surface area contributed by atoms with E-state index in [-0.39, 0.29) is 0 Å². The first kappa shape index (κ1) is 6.56. The zero-order valence-corrected chi connectivity index (χ0v) is 5.07. The van der Waals surface area contributed by atoms with E-state index in [0.29, 0.717) is 5.92 Å². The Balaban J connectivity index is 3.03. The highest BCUT2D eigenvalue weighted by molar-refractivity contribution is 4.84. The molecule has 0 amide bonds. The van der Waals surface area contributed by atoms with E-state index in [9.17, 15) is 0 Å². The highest BCUT2D eigenvalue weighted by atomic mass is 14.0. The molecule has 0 aromatic rings. The van der Waals surface area contributed by atoms with Crippen LogP contribution in [0, 0.1) is 18.3 Å². The van der Waals surface area contributed by atoms with Crippen molar-refractivity contribution in [1.29, 1.82) is 0 Å². The molecule has 7 heavy (non-hydrogen) atoms. The summed E-state index contributed by atoms with van der Waals surface area (Å²) in [7, 11) is 0. The molecule has 0 aliphatic heterocycles. The van der Waals surface area contributed by atoms with E-state index in [2.05, 4.69) is 19.8 Å². The van der Waals surface area contributed by atoms with Gasteiger partial charge in [-0.1, -0.05) is 20.3 Å². The Morgan fingerprint density at radius 1 is 1.71 bits per heavy atom. The van der Waals surface area contributed by atoms with Gasteiger partial charge in [-0.2, -0.15) is 0 Å². The summed E-state index contributed by atoms with van der Waals surface area (Å²) < 4.78 is 0. The molecule has 0 fully saturated rings. The van der Waals surface area contributed by atoms with E-state index in [4.69, 9.17) is 6.42 Å². The Labute approximate surface area is 45.9 Å². The highest BCUT2D eigenvalue weighted by Crippen LogP contribution is 2.02. The molecule has 0 saturated carbocycles. The maximum absolute atomic E-state index is 5.06. The fourth-order valence-corrected chi connectivity index (χ4v) is 0.346. The average molecular weight is 96.2 g/mol. The van der Waals surface area contributed by atoms with Crippen LogP contribution in [-0.4, -0.2) is 0 Å². The minimum absolute atomic E-state index is 0.713. The van der Waals surface area contributed by atoms with Gasteiger partial charge in [0.05, 0.1) is 0 Å². The molecular formula is C7H12. The van der Waals surface area contributed by atoms with Crippen molar-refractivity contribution in [3.05, 3.63) is 0 Å². The minimum Gasteiger partial charge on any atom is -0.120 e. The van der Waals surface area contributed by atoms with Gasteiger partial charge in [-0.15, -0.1) is 12.3 Å². The summed E-state index contributed by atoms with van der Waals surface area (Å²) in [6.45, 7) is 4.32. The van der Waals surface area contributed by atoms with Gasteiger partial charge in [-0.05, 0) is 5.92 Å². The number of rotatable bonds is 2. The zero-order valence-electron chi connectivity index (χ0n) is 5.07. The SMILES string of the molecule is C#CC[C@@H](C)CC. The van der Waals surface area contributed by atoms with E-state index < -0.39 is 0 Å². The second kappa shape index (κ2) is 3.74. The van der Waals surface area contributed by atoms with Crippen LogP contribution in [0.4, 0.5) is 0 Å². The molecule has 0 aliphatic carbocycles. The first-order valence-corrected chi connectivity index (χ1v) is 2.74. The van der Waals surface area contributed by atoms with Crippen LogP contribution in [0.5, 0.6) is 0 Å². The molecule has 0 aromatic carbocycles. The summed E-state index contributed by atoms with van der Waals surface area (Å²) >= 11 is 0. The lowest BCUT2D eigenvalue weighted by Gasteiger charge is -1.98. The van der Waals surface area contributed by atoms with Crippen LogP contribution >= 0.6 is 0 Å². The van der Waals surface area contributed by atoms with Gasteiger partial charge in [0.1, 0.15) is 0 Å². The van der Waals surface area contributed by atoms with Crippen molar-refractivity contribution in [3.8, 4) is 12.3 Å². The maximum atomic E-state index is 5.06. The molecule has 0 rings (SSSR count). The standard InChI is InChI=1S/C7H12/c1-4-6-7(3)5-2/h1,7H,5-6H2,2-3H3/t7-/m0/s1. The predicted octanol–water partition coefficient (Wildman–Crippen LogP) is 2.06. The third-order valence-electron chi connectivity index (χ3n) is 1.16. The number of hydrogen-bond acceptors (Lipinski definition) is 0. The van der Waals surface area contributed by atoms with Crippen LogP contribution in [0.25, 0.3) is 0 Å². The second-order valence-corrected chi connectivity index (χ2v) is 1.92. The third kappa shape index (κ3) is 3.39. The Morgan fingerprint density at radius 2 is 2.29 bits per heavy atom. The van der Waals surface area contributed by atoms with Crippen LogP contribution in [0.2, 0.25) is 0 Å². The van der Waals surface area contributed by atoms with Crippen LogP contribution in [0.3, 0.4) is 0 Å². The molecule has 0 nitrogen and oxygen atoms in total. The summed E-state index contributed by atoms with van der Waals surface area (Å²) in [6, 6.07) is 0. The lowest BCUT2D eigenvalue weighted by Crippen LogP contribution is -1.86. The van der Waals surface area contributed by atoms with Gasteiger partial charge in [-0.3, -0.25) is 0 Å². The largest absolute Gasteiger partial charge is 0.120 e.